The summed E-state index contributed by atoms with van der Waals surface area (Å²) < 4.78 is 18.7. The van der Waals surface area contributed by atoms with Gasteiger partial charge in [-0.05, 0) is 37.8 Å². The van der Waals surface area contributed by atoms with Crippen molar-refractivity contribution >= 4 is 39.3 Å². The molecule has 3 saturated carbocycles. The third-order valence-corrected chi connectivity index (χ3v) is 6.54. The van der Waals surface area contributed by atoms with Crippen LogP contribution in [0, 0.1) is 5.82 Å². The first kappa shape index (κ1) is 17.1. The third kappa shape index (κ3) is 2.81. The first-order valence-corrected chi connectivity index (χ1v) is 9.46. The summed E-state index contributed by atoms with van der Waals surface area (Å²) in [5.41, 5.74) is -0.274. The number of ether oxygens (including phenoxy) is 1. The second-order valence-corrected chi connectivity index (χ2v) is 8.71. The van der Waals surface area contributed by atoms with E-state index in [4.69, 9.17) is 16.3 Å². The molecular weight excluding hydrogens is 415 g/mol. The van der Waals surface area contributed by atoms with E-state index in [1.807, 2.05) is 4.90 Å². The summed E-state index contributed by atoms with van der Waals surface area (Å²) in [6.07, 6.45) is 3.23. The highest BCUT2D eigenvalue weighted by molar-refractivity contribution is 9.10. The van der Waals surface area contributed by atoms with Gasteiger partial charge < -0.3 is 15.0 Å². The minimum absolute atomic E-state index is 0.0122. The van der Waals surface area contributed by atoms with Gasteiger partial charge in [-0.1, -0.05) is 27.5 Å². The lowest BCUT2D eigenvalue weighted by Crippen LogP contribution is -2.84. The fourth-order valence-corrected chi connectivity index (χ4v) is 4.89. The van der Waals surface area contributed by atoms with Gasteiger partial charge in [0.1, 0.15) is 11.6 Å². The number of halogens is 3. The van der Waals surface area contributed by atoms with Gasteiger partial charge in [0, 0.05) is 23.7 Å². The Morgan fingerprint density at radius 3 is 2.76 bits per heavy atom. The van der Waals surface area contributed by atoms with Crippen molar-refractivity contribution in [3.8, 4) is 5.75 Å². The van der Waals surface area contributed by atoms with Crippen LogP contribution in [0.2, 0.25) is 5.02 Å². The summed E-state index contributed by atoms with van der Waals surface area (Å²) >= 11 is 9.01. The molecule has 1 aromatic carbocycles. The lowest BCUT2D eigenvalue weighted by Gasteiger charge is -2.73. The monoisotopic (exact) mass is 430 g/mol. The van der Waals surface area contributed by atoms with Crippen LogP contribution in [0.1, 0.15) is 25.7 Å². The van der Waals surface area contributed by atoms with Crippen LogP contribution in [0.4, 0.5) is 4.39 Å². The molecule has 1 unspecified atom stereocenters. The minimum atomic E-state index is -0.582. The topological polar surface area (TPSA) is 58.6 Å². The highest BCUT2D eigenvalue weighted by atomic mass is 79.9. The molecule has 0 aromatic heterocycles. The van der Waals surface area contributed by atoms with Crippen molar-refractivity contribution in [2.75, 3.05) is 13.2 Å². The number of alkyl halides is 1. The van der Waals surface area contributed by atoms with Gasteiger partial charge >= 0.3 is 0 Å². The molecule has 3 aliphatic carbocycles. The number of carbonyl (C=O) groups excluding carboxylic acids is 2. The highest BCUT2D eigenvalue weighted by Crippen LogP contribution is 2.64. The number of hydrogen-bond donors (Lipinski definition) is 1. The molecule has 2 bridgehead atoms. The number of carbonyl (C=O) groups is 2. The van der Waals surface area contributed by atoms with Gasteiger partial charge in [0.25, 0.3) is 5.91 Å². The number of rotatable bonds is 5. The summed E-state index contributed by atoms with van der Waals surface area (Å²) in [4.78, 5) is 26.1. The van der Waals surface area contributed by atoms with Crippen molar-refractivity contribution in [3.63, 3.8) is 0 Å². The molecule has 1 aromatic rings. The maximum atomic E-state index is 13.3. The molecule has 2 amide bonds. The molecule has 4 fully saturated rings. The molecule has 134 valence electrons. The highest BCUT2D eigenvalue weighted by Gasteiger charge is 2.72. The van der Waals surface area contributed by atoms with E-state index < -0.39 is 5.82 Å². The molecule has 4 aliphatic rings. The Balaban J connectivity index is 1.27. The Morgan fingerprint density at radius 2 is 2.16 bits per heavy atom. The normalized spacial score (nSPS) is 32.8. The molecule has 0 radical (unpaired) electrons. The van der Waals surface area contributed by atoms with E-state index in [2.05, 4.69) is 21.2 Å². The third-order valence-electron chi connectivity index (χ3n) is 5.38. The van der Waals surface area contributed by atoms with Gasteiger partial charge in [-0.2, -0.15) is 0 Å². The smallest absolute Gasteiger partial charge is 0.258 e. The quantitative estimate of drug-likeness (QED) is 0.729. The maximum absolute atomic E-state index is 13.3. The molecule has 25 heavy (non-hydrogen) atoms. The fraction of sp³-hybridized carbons (Fsp3) is 0.529. The van der Waals surface area contributed by atoms with Crippen LogP contribution in [-0.4, -0.2) is 45.8 Å². The number of nitrogens with one attached hydrogen (secondary N) is 1. The van der Waals surface area contributed by atoms with Crippen molar-refractivity contribution in [2.45, 2.75) is 41.6 Å². The summed E-state index contributed by atoms with van der Waals surface area (Å²) in [6, 6.07) is 4.06. The van der Waals surface area contributed by atoms with Crippen LogP contribution in [0.3, 0.4) is 0 Å². The van der Waals surface area contributed by atoms with Gasteiger partial charge in [-0.15, -0.1) is 0 Å². The summed E-state index contributed by atoms with van der Waals surface area (Å²) in [5, 5.41) is 3.01. The zero-order valence-corrected chi connectivity index (χ0v) is 15.7. The van der Waals surface area contributed by atoms with Crippen molar-refractivity contribution in [3.05, 3.63) is 29.0 Å². The lowest BCUT2D eigenvalue weighted by molar-refractivity contribution is -0.186. The van der Waals surface area contributed by atoms with Crippen molar-refractivity contribution < 1.29 is 18.7 Å². The van der Waals surface area contributed by atoms with E-state index >= 15 is 0 Å². The predicted octanol–water partition coefficient (Wildman–Crippen LogP) is 2.65. The Labute approximate surface area is 158 Å². The second kappa shape index (κ2) is 5.84. The molecule has 5 nitrogen and oxygen atoms in total. The zero-order chi connectivity index (χ0) is 17.8. The molecule has 5 rings (SSSR count). The van der Waals surface area contributed by atoms with Gasteiger partial charge in [-0.25, -0.2) is 4.39 Å². The Kier molecular flexibility index (Phi) is 3.99. The number of nitrogens with zero attached hydrogens (tertiary/aromatic N) is 1. The molecule has 0 spiro atoms. The molecule has 8 heteroatoms. The Hall–Kier alpha value is -1.34. The first-order chi connectivity index (χ1) is 11.8. The minimum Gasteiger partial charge on any atom is -0.484 e. The van der Waals surface area contributed by atoms with E-state index in [1.54, 1.807) is 0 Å². The summed E-state index contributed by atoms with van der Waals surface area (Å²) in [7, 11) is 0. The second-order valence-electron chi connectivity index (χ2n) is 7.19. The van der Waals surface area contributed by atoms with Crippen LogP contribution in [0.15, 0.2) is 18.2 Å². The number of benzene rings is 1. The zero-order valence-electron chi connectivity index (χ0n) is 13.4. The molecule has 1 atom stereocenters. The van der Waals surface area contributed by atoms with E-state index in [0.717, 1.165) is 38.3 Å². The first-order valence-electron chi connectivity index (χ1n) is 8.17. The van der Waals surface area contributed by atoms with Crippen LogP contribution in [0.5, 0.6) is 5.75 Å². The Morgan fingerprint density at radius 1 is 1.44 bits per heavy atom. The van der Waals surface area contributed by atoms with Crippen LogP contribution >= 0.6 is 27.5 Å². The van der Waals surface area contributed by atoms with E-state index in [9.17, 15) is 14.0 Å². The molecule has 1 N–H and O–H groups in total. The van der Waals surface area contributed by atoms with Crippen LogP contribution in [-0.2, 0) is 9.59 Å². The number of hydrogen-bond acceptors (Lipinski definition) is 3. The SMILES string of the molecule is O=C(COc1ccc(Cl)c(F)c1)NC12CC(N3CCC(Br)C3=O)(C1)C2. The maximum Gasteiger partial charge on any atom is 0.258 e. The number of amides is 2. The van der Waals surface area contributed by atoms with Gasteiger partial charge in [0.2, 0.25) is 5.91 Å². The number of likely N-dealkylation sites (tertiary alicyclic amines) is 1. The largest absolute Gasteiger partial charge is 0.484 e. The van der Waals surface area contributed by atoms with Gasteiger partial charge in [0.05, 0.1) is 9.85 Å². The van der Waals surface area contributed by atoms with Gasteiger partial charge in [0.15, 0.2) is 6.61 Å². The average Bonchev–Trinajstić information content (AvgIpc) is 2.83. The van der Waals surface area contributed by atoms with E-state index in [0.29, 0.717) is 0 Å². The van der Waals surface area contributed by atoms with Crippen molar-refractivity contribution in [2.24, 2.45) is 0 Å². The van der Waals surface area contributed by atoms with Crippen molar-refractivity contribution in [1.82, 2.24) is 10.2 Å². The van der Waals surface area contributed by atoms with E-state index in [-0.39, 0.29) is 45.1 Å². The molecule has 1 aliphatic heterocycles. The molecular formula is C17H17BrClFN2O3. The molecule has 1 saturated heterocycles. The van der Waals surface area contributed by atoms with Gasteiger partial charge in [-0.3, -0.25) is 9.59 Å². The average molecular weight is 432 g/mol. The predicted molar refractivity (Wildman–Crippen MR) is 93.4 cm³/mol. The van der Waals surface area contributed by atoms with Crippen LogP contribution in [0.25, 0.3) is 0 Å². The standard InChI is InChI=1S/C17H17BrClFN2O3/c18-11-3-4-22(15(11)24)17-7-16(8-17,9-17)21-14(23)6-25-10-1-2-12(19)13(20)5-10/h1-2,5,11H,3-4,6-9H2,(H,21,23). The fourth-order valence-electron chi connectivity index (χ4n) is 4.32. The van der Waals surface area contributed by atoms with Crippen molar-refractivity contribution in [1.29, 1.82) is 0 Å². The summed E-state index contributed by atoms with van der Waals surface area (Å²) in [6.45, 7) is 0.603. The lowest BCUT2D eigenvalue weighted by atomic mass is 9.43. The van der Waals surface area contributed by atoms with E-state index in [1.165, 1.54) is 12.1 Å². The van der Waals surface area contributed by atoms with Crippen LogP contribution < -0.4 is 10.1 Å². The summed E-state index contributed by atoms with van der Waals surface area (Å²) in [5.74, 6) is -0.402. The molecule has 1 heterocycles. The Bertz CT molecular complexity index is 740.